The molecule has 2 rings (SSSR count). The van der Waals surface area contributed by atoms with Crippen LogP contribution in [0.15, 0.2) is 18.2 Å². The van der Waals surface area contributed by atoms with Crippen LogP contribution in [0.5, 0.6) is 0 Å². The summed E-state index contributed by atoms with van der Waals surface area (Å²) < 4.78 is 26.6. The van der Waals surface area contributed by atoms with Crippen LogP contribution in [0.1, 0.15) is 44.2 Å². The topological polar surface area (TPSA) is 40.5 Å². The Morgan fingerprint density at radius 1 is 1.29 bits per heavy atom. The van der Waals surface area contributed by atoms with Gasteiger partial charge in [0.1, 0.15) is 11.6 Å². The molecule has 1 unspecified atom stereocenters. The van der Waals surface area contributed by atoms with Gasteiger partial charge in [-0.2, -0.15) is 0 Å². The second kappa shape index (κ2) is 6.98. The van der Waals surface area contributed by atoms with Gasteiger partial charge in [0.15, 0.2) is 0 Å². The van der Waals surface area contributed by atoms with Crippen LogP contribution in [0.2, 0.25) is 0 Å². The number of piperidine rings is 1. The van der Waals surface area contributed by atoms with E-state index in [-0.39, 0.29) is 12.5 Å². The highest BCUT2D eigenvalue weighted by Crippen LogP contribution is 2.29. The van der Waals surface area contributed by atoms with E-state index < -0.39 is 17.6 Å². The second-order valence-corrected chi connectivity index (χ2v) is 5.79. The summed E-state index contributed by atoms with van der Waals surface area (Å²) in [5.74, 6) is -1.41. The maximum Gasteiger partial charge on any atom is 0.303 e. The van der Waals surface area contributed by atoms with E-state index in [9.17, 15) is 13.6 Å². The molecule has 1 N–H and O–H groups in total. The molecule has 1 aromatic rings. The molecule has 1 atom stereocenters. The number of carboxylic acid groups (broad SMARTS) is 1. The molecule has 0 aromatic heterocycles. The minimum atomic E-state index is -0.749. The highest BCUT2D eigenvalue weighted by molar-refractivity contribution is 5.66. The molecule has 0 bridgehead atoms. The molecule has 1 fully saturated rings. The second-order valence-electron chi connectivity index (χ2n) is 5.79. The number of carbonyl (C=O) groups is 1. The van der Waals surface area contributed by atoms with Crippen molar-refractivity contribution >= 4 is 5.97 Å². The van der Waals surface area contributed by atoms with Gasteiger partial charge in [0, 0.05) is 18.5 Å². The van der Waals surface area contributed by atoms with Crippen molar-refractivity contribution in [2.75, 3.05) is 13.1 Å². The molecular weight excluding hydrogens is 276 g/mol. The zero-order valence-electron chi connectivity index (χ0n) is 12.2. The number of carboxylic acids is 1. The third kappa shape index (κ3) is 4.49. The van der Waals surface area contributed by atoms with Crippen molar-refractivity contribution in [1.29, 1.82) is 0 Å². The number of nitrogens with zero attached hydrogens (tertiary/aromatic N) is 1. The monoisotopic (exact) mass is 297 g/mol. The summed E-state index contributed by atoms with van der Waals surface area (Å²) in [6.45, 7) is 3.62. The molecule has 1 aliphatic rings. The van der Waals surface area contributed by atoms with Crippen molar-refractivity contribution in [2.45, 2.75) is 38.6 Å². The number of hydrogen-bond acceptors (Lipinski definition) is 2. The van der Waals surface area contributed by atoms with Crippen molar-refractivity contribution in [3.63, 3.8) is 0 Å². The number of hydrogen-bond donors (Lipinski definition) is 1. The minimum Gasteiger partial charge on any atom is -0.481 e. The first kappa shape index (κ1) is 15.9. The predicted molar refractivity (Wildman–Crippen MR) is 75.9 cm³/mol. The van der Waals surface area contributed by atoms with Gasteiger partial charge < -0.3 is 5.11 Å². The van der Waals surface area contributed by atoms with Crippen molar-refractivity contribution in [2.24, 2.45) is 5.92 Å². The minimum absolute atomic E-state index is 0.0318. The fourth-order valence-electron chi connectivity index (χ4n) is 2.98. The molecule has 1 aromatic carbocycles. The fourth-order valence-corrected chi connectivity index (χ4v) is 2.98. The van der Waals surface area contributed by atoms with Crippen LogP contribution in [-0.4, -0.2) is 29.1 Å². The Labute approximate surface area is 123 Å². The van der Waals surface area contributed by atoms with Crippen LogP contribution in [0.3, 0.4) is 0 Å². The maximum atomic E-state index is 13.3. The van der Waals surface area contributed by atoms with Crippen LogP contribution in [0.25, 0.3) is 0 Å². The summed E-state index contributed by atoms with van der Waals surface area (Å²) in [6.07, 6.45) is 2.81. The predicted octanol–water partition coefficient (Wildman–Crippen LogP) is 3.60. The first-order chi connectivity index (χ1) is 9.95. The average Bonchev–Trinajstić information content (AvgIpc) is 2.44. The summed E-state index contributed by atoms with van der Waals surface area (Å²) in [5.41, 5.74) is 0.650. The molecule has 0 radical (unpaired) electrons. The summed E-state index contributed by atoms with van der Waals surface area (Å²) in [7, 11) is 0. The highest BCUT2D eigenvalue weighted by atomic mass is 19.1. The molecule has 5 heteroatoms. The Bertz CT molecular complexity index is 479. The average molecular weight is 297 g/mol. The molecule has 3 nitrogen and oxygen atoms in total. The Hall–Kier alpha value is -1.49. The third-order valence-electron chi connectivity index (χ3n) is 4.33. The number of likely N-dealkylation sites (tertiary alicyclic amines) is 1. The number of rotatable bonds is 5. The molecule has 0 saturated carbocycles. The zero-order chi connectivity index (χ0) is 15.4. The van der Waals surface area contributed by atoms with Gasteiger partial charge in [0.05, 0.1) is 0 Å². The lowest BCUT2D eigenvalue weighted by Gasteiger charge is -2.36. The van der Waals surface area contributed by atoms with E-state index in [1.165, 1.54) is 12.1 Å². The maximum absolute atomic E-state index is 13.3. The third-order valence-corrected chi connectivity index (χ3v) is 4.33. The Kier molecular flexibility index (Phi) is 5.28. The molecule has 0 amide bonds. The lowest BCUT2D eigenvalue weighted by molar-refractivity contribution is -0.137. The van der Waals surface area contributed by atoms with Crippen molar-refractivity contribution in [1.82, 2.24) is 4.90 Å². The normalized spacial score (nSPS) is 18.6. The van der Waals surface area contributed by atoms with E-state index in [4.69, 9.17) is 5.11 Å². The molecule has 116 valence electrons. The molecule has 1 heterocycles. The number of halogens is 2. The smallest absolute Gasteiger partial charge is 0.303 e. The number of benzene rings is 1. The van der Waals surface area contributed by atoms with E-state index in [1.54, 1.807) is 0 Å². The Balaban J connectivity index is 1.90. The molecular formula is C16H21F2NO2. The molecule has 0 spiro atoms. The Morgan fingerprint density at radius 2 is 1.86 bits per heavy atom. The fraction of sp³-hybridized carbons (Fsp3) is 0.562. The van der Waals surface area contributed by atoms with Gasteiger partial charge in [0.25, 0.3) is 0 Å². The SMILES string of the molecule is CC(c1cc(F)cc(F)c1)N1CCC(CCC(=O)O)CC1. The van der Waals surface area contributed by atoms with Crippen LogP contribution in [-0.2, 0) is 4.79 Å². The zero-order valence-corrected chi connectivity index (χ0v) is 12.2. The standard InChI is InChI=1S/C16H21F2NO2/c1-11(13-8-14(17)10-15(18)9-13)19-6-4-12(5-7-19)2-3-16(20)21/h8-12H,2-7H2,1H3,(H,20,21). The lowest BCUT2D eigenvalue weighted by atomic mass is 9.91. The van der Waals surface area contributed by atoms with Crippen molar-refractivity contribution in [3.05, 3.63) is 35.4 Å². The van der Waals surface area contributed by atoms with Crippen molar-refractivity contribution in [3.8, 4) is 0 Å². The van der Waals surface area contributed by atoms with Gasteiger partial charge in [0.2, 0.25) is 0 Å². The van der Waals surface area contributed by atoms with E-state index in [0.29, 0.717) is 17.9 Å². The summed E-state index contributed by atoms with van der Waals surface area (Å²) >= 11 is 0. The summed E-state index contributed by atoms with van der Waals surface area (Å²) in [5, 5.41) is 8.70. The Morgan fingerprint density at radius 3 is 2.38 bits per heavy atom. The molecule has 1 saturated heterocycles. The van der Waals surface area contributed by atoms with Gasteiger partial charge in [-0.15, -0.1) is 0 Å². The van der Waals surface area contributed by atoms with Crippen molar-refractivity contribution < 1.29 is 18.7 Å². The van der Waals surface area contributed by atoms with E-state index in [0.717, 1.165) is 32.0 Å². The van der Waals surface area contributed by atoms with E-state index >= 15 is 0 Å². The molecule has 21 heavy (non-hydrogen) atoms. The van der Waals surface area contributed by atoms with E-state index in [2.05, 4.69) is 4.90 Å². The summed E-state index contributed by atoms with van der Waals surface area (Å²) in [6, 6.07) is 3.61. The molecule has 1 aliphatic heterocycles. The van der Waals surface area contributed by atoms with Crippen LogP contribution >= 0.6 is 0 Å². The van der Waals surface area contributed by atoms with Crippen LogP contribution in [0.4, 0.5) is 8.78 Å². The number of aliphatic carboxylic acids is 1. The largest absolute Gasteiger partial charge is 0.481 e. The summed E-state index contributed by atoms with van der Waals surface area (Å²) in [4.78, 5) is 12.8. The first-order valence-electron chi connectivity index (χ1n) is 7.37. The van der Waals surface area contributed by atoms with Gasteiger partial charge in [-0.25, -0.2) is 8.78 Å². The molecule has 0 aliphatic carbocycles. The first-order valence-corrected chi connectivity index (χ1v) is 7.37. The highest BCUT2D eigenvalue weighted by Gasteiger charge is 2.24. The van der Waals surface area contributed by atoms with Crippen LogP contribution in [0, 0.1) is 17.6 Å². The van der Waals surface area contributed by atoms with Crippen LogP contribution < -0.4 is 0 Å². The quantitative estimate of drug-likeness (QED) is 0.902. The van der Waals surface area contributed by atoms with Gasteiger partial charge in [-0.05, 0) is 62.9 Å². The van der Waals surface area contributed by atoms with Gasteiger partial charge in [-0.3, -0.25) is 9.69 Å². The van der Waals surface area contributed by atoms with Gasteiger partial charge >= 0.3 is 5.97 Å². The lowest BCUT2D eigenvalue weighted by Crippen LogP contribution is -2.35. The van der Waals surface area contributed by atoms with E-state index in [1.807, 2.05) is 6.92 Å². The van der Waals surface area contributed by atoms with Gasteiger partial charge in [-0.1, -0.05) is 0 Å².